The van der Waals surface area contributed by atoms with Gasteiger partial charge in [-0.05, 0) is 54.1 Å². The van der Waals surface area contributed by atoms with Gasteiger partial charge in [0.25, 0.3) is 5.91 Å². The third kappa shape index (κ3) is 5.30. The van der Waals surface area contributed by atoms with Crippen LogP contribution in [0.15, 0.2) is 41.1 Å². The van der Waals surface area contributed by atoms with Gasteiger partial charge in [-0.1, -0.05) is 12.1 Å². The van der Waals surface area contributed by atoms with Crippen molar-refractivity contribution in [3.05, 3.63) is 52.2 Å². The van der Waals surface area contributed by atoms with Gasteiger partial charge in [-0.2, -0.15) is 11.3 Å². The van der Waals surface area contributed by atoms with Crippen molar-refractivity contribution in [1.29, 1.82) is 0 Å². The van der Waals surface area contributed by atoms with Crippen molar-refractivity contribution in [1.82, 2.24) is 15.1 Å². The van der Waals surface area contributed by atoms with Gasteiger partial charge in [-0.25, -0.2) is 0 Å². The number of rotatable bonds is 7. The smallest absolute Gasteiger partial charge is 0.258 e. The van der Waals surface area contributed by atoms with Gasteiger partial charge >= 0.3 is 0 Å². The first-order valence-corrected chi connectivity index (χ1v) is 9.97. The lowest BCUT2D eigenvalue weighted by molar-refractivity contribution is -0.123. The van der Waals surface area contributed by atoms with E-state index in [2.05, 4.69) is 39.0 Å². The van der Waals surface area contributed by atoms with Crippen LogP contribution < -0.4 is 10.1 Å². The van der Waals surface area contributed by atoms with Gasteiger partial charge in [-0.15, -0.1) is 0 Å². The molecule has 1 atom stereocenters. The molecule has 1 amide bonds. The lowest BCUT2D eigenvalue weighted by Crippen LogP contribution is -2.48. The number of thiophene rings is 1. The summed E-state index contributed by atoms with van der Waals surface area (Å²) in [5.41, 5.74) is 2.40. The Labute approximate surface area is 159 Å². The minimum Gasteiger partial charge on any atom is -0.484 e. The molecule has 1 aliphatic rings. The van der Waals surface area contributed by atoms with Crippen LogP contribution >= 0.6 is 11.3 Å². The molecule has 1 unspecified atom stereocenters. The van der Waals surface area contributed by atoms with Crippen LogP contribution in [0.5, 0.6) is 5.75 Å². The lowest BCUT2D eigenvalue weighted by atomic mass is 10.1. The van der Waals surface area contributed by atoms with Crippen LogP contribution in [-0.2, 0) is 4.79 Å². The third-order valence-electron chi connectivity index (χ3n) is 4.76. The molecule has 0 spiro atoms. The van der Waals surface area contributed by atoms with Crippen LogP contribution in [-0.4, -0.2) is 62.1 Å². The fourth-order valence-electron chi connectivity index (χ4n) is 3.17. The first kappa shape index (κ1) is 18.9. The van der Waals surface area contributed by atoms with Crippen molar-refractivity contribution >= 4 is 17.2 Å². The standard InChI is InChI=1S/C20H27N3O2S/c1-16-4-3-5-18(12-16)25-14-20(24)21-13-19(17-6-11-26-15-17)23-9-7-22(2)8-10-23/h3-6,11-12,15,19H,7-10,13-14H2,1-2H3,(H,21,24). The highest BCUT2D eigenvalue weighted by Crippen LogP contribution is 2.23. The second-order valence-corrected chi connectivity index (χ2v) is 7.60. The maximum atomic E-state index is 12.2. The zero-order valence-electron chi connectivity index (χ0n) is 15.5. The minimum atomic E-state index is -0.0825. The van der Waals surface area contributed by atoms with E-state index < -0.39 is 0 Å². The molecule has 2 heterocycles. The van der Waals surface area contributed by atoms with Crippen LogP contribution in [0.1, 0.15) is 17.2 Å². The zero-order chi connectivity index (χ0) is 18.4. The molecular formula is C20H27N3O2S. The Morgan fingerprint density at radius 3 is 2.77 bits per heavy atom. The van der Waals surface area contributed by atoms with Crippen LogP contribution in [0.25, 0.3) is 0 Å². The number of ether oxygens (including phenoxy) is 1. The van der Waals surface area contributed by atoms with Gasteiger partial charge in [0.2, 0.25) is 0 Å². The van der Waals surface area contributed by atoms with Crippen molar-refractivity contribution in [2.45, 2.75) is 13.0 Å². The summed E-state index contributed by atoms with van der Waals surface area (Å²) in [6, 6.07) is 10.1. The highest BCUT2D eigenvalue weighted by molar-refractivity contribution is 7.07. The topological polar surface area (TPSA) is 44.8 Å². The second kappa shape index (κ2) is 9.16. The van der Waals surface area contributed by atoms with E-state index in [0.717, 1.165) is 37.5 Å². The molecule has 2 aromatic rings. The van der Waals surface area contributed by atoms with E-state index in [-0.39, 0.29) is 18.6 Å². The number of nitrogens with one attached hydrogen (secondary N) is 1. The van der Waals surface area contributed by atoms with E-state index in [9.17, 15) is 4.79 Å². The monoisotopic (exact) mass is 373 g/mol. The molecular weight excluding hydrogens is 346 g/mol. The number of hydrogen-bond donors (Lipinski definition) is 1. The Morgan fingerprint density at radius 1 is 1.27 bits per heavy atom. The van der Waals surface area contributed by atoms with Gasteiger partial charge in [0.15, 0.2) is 6.61 Å². The summed E-state index contributed by atoms with van der Waals surface area (Å²) in [6.45, 7) is 6.82. The van der Waals surface area contributed by atoms with Crippen molar-refractivity contribution in [2.75, 3.05) is 46.4 Å². The Balaban J connectivity index is 1.53. The highest BCUT2D eigenvalue weighted by Gasteiger charge is 2.24. The van der Waals surface area contributed by atoms with Gasteiger partial charge in [0.1, 0.15) is 5.75 Å². The fourth-order valence-corrected chi connectivity index (χ4v) is 3.88. The fraction of sp³-hybridized carbons (Fsp3) is 0.450. The number of nitrogens with zero attached hydrogens (tertiary/aromatic N) is 2. The van der Waals surface area contributed by atoms with Crippen LogP contribution in [0.4, 0.5) is 0 Å². The largest absolute Gasteiger partial charge is 0.484 e. The quantitative estimate of drug-likeness (QED) is 0.810. The Morgan fingerprint density at radius 2 is 2.08 bits per heavy atom. The molecule has 0 saturated carbocycles. The van der Waals surface area contributed by atoms with Crippen molar-refractivity contribution < 1.29 is 9.53 Å². The number of benzene rings is 1. The molecule has 1 fully saturated rings. The average molecular weight is 374 g/mol. The SMILES string of the molecule is Cc1cccc(OCC(=O)NCC(c2ccsc2)N2CCN(C)CC2)c1. The molecule has 5 nitrogen and oxygen atoms in total. The van der Waals surface area contributed by atoms with Gasteiger partial charge < -0.3 is 15.0 Å². The molecule has 140 valence electrons. The summed E-state index contributed by atoms with van der Waals surface area (Å²) in [7, 11) is 2.15. The predicted molar refractivity (Wildman–Crippen MR) is 106 cm³/mol. The number of carbonyl (C=O) groups excluding carboxylic acids is 1. The summed E-state index contributed by atoms with van der Waals surface area (Å²) >= 11 is 1.70. The molecule has 1 aromatic heterocycles. The maximum Gasteiger partial charge on any atom is 0.258 e. The number of aryl methyl sites for hydroxylation is 1. The number of hydrogen-bond acceptors (Lipinski definition) is 5. The summed E-state index contributed by atoms with van der Waals surface area (Å²) in [4.78, 5) is 17.1. The van der Waals surface area contributed by atoms with Crippen molar-refractivity contribution in [3.63, 3.8) is 0 Å². The van der Waals surface area contributed by atoms with Crippen LogP contribution in [0, 0.1) is 6.92 Å². The normalized spacial score (nSPS) is 17.0. The molecule has 1 saturated heterocycles. The number of piperazine rings is 1. The lowest BCUT2D eigenvalue weighted by Gasteiger charge is -2.38. The first-order chi connectivity index (χ1) is 12.6. The van der Waals surface area contributed by atoms with Crippen LogP contribution in [0.2, 0.25) is 0 Å². The van der Waals surface area contributed by atoms with E-state index in [0.29, 0.717) is 6.54 Å². The van der Waals surface area contributed by atoms with E-state index >= 15 is 0 Å². The van der Waals surface area contributed by atoms with Gasteiger partial charge in [0.05, 0.1) is 6.04 Å². The molecule has 3 rings (SSSR count). The first-order valence-electron chi connectivity index (χ1n) is 9.02. The van der Waals surface area contributed by atoms with Gasteiger partial charge in [-0.3, -0.25) is 9.69 Å². The van der Waals surface area contributed by atoms with E-state index in [1.165, 1.54) is 5.56 Å². The second-order valence-electron chi connectivity index (χ2n) is 6.82. The number of amides is 1. The van der Waals surface area contributed by atoms with Crippen LogP contribution in [0.3, 0.4) is 0 Å². The van der Waals surface area contributed by atoms with Gasteiger partial charge in [0, 0.05) is 32.7 Å². The molecule has 0 bridgehead atoms. The van der Waals surface area contributed by atoms with Crippen molar-refractivity contribution in [3.8, 4) is 5.75 Å². The van der Waals surface area contributed by atoms with E-state index in [1.54, 1.807) is 11.3 Å². The molecule has 0 aliphatic carbocycles. The summed E-state index contributed by atoms with van der Waals surface area (Å²) in [6.07, 6.45) is 0. The average Bonchev–Trinajstić information content (AvgIpc) is 3.16. The van der Waals surface area contributed by atoms with Crippen molar-refractivity contribution in [2.24, 2.45) is 0 Å². The summed E-state index contributed by atoms with van der Waals surface area (Å²) in [5.74, 6) is 0.648. The zero-order valence-corrected chi connectivity index (χ0v) is 16.3. The number of carbonyl (C=O) groups is 1. The molecule has 0 radical (unpaired) electrons. The Bertz CT molecular complexity index is 697. The van der Waals surface area contributed by atoms with E-state index in [4.69, 9.17) is 4.74 Å². The number of likely N-dealkylation sites (N-methyl/N-ethyl adjacent to an activating group) is 1. The summed E-state index contributed by atoms with van der Waals surface area (Å²) < 4.78 is 5.60. The third-order valence-corrected chi connectivity index (χ3v) is 5.46. The molecule has 6 heteroatoms. The minimum absolute atomic E-state index is 0.0442. The summed E-state index contributed by atoms with van der Waals surface area (Å²) in [5, 5.41) is 7.33. The molecule has 1 aliphatic heterocycles. The maximum absolute atomic E-state index is 12.2. The predicted octanol–water partition coefficient (Wildman–Crippen LogP) is 2.54. The highest BCUT2D eigenvalue weighted by atomic mass is 32.1. The molecule has 1 aromatic carbocycles. The molecule has 1 N–H and O–H groups in total. The van der Waals surface area contributed by atoms with E-state index in [1.807, 2.05) is 31.2 Å². The Kier molecular flexibility index (Phi) is 6.66. The Hall–Kier alpha value is -1.89. The molecule has 26 heavy (non-hydrogen) atoms.